The molecule has 0 spiro atoms. The molecule has 22 heavy (non-hydrogen) atoms. The topological polar surface area (TPSA) is 68.2 Å². The molecule has 1 heterocycles. The van der Waals surface area contributed by atoms with Gasteiger partial charge < -0.3 is 15.5 Å². The van der Waals surface area contributed by atoms with E-state index in [0.29, 0.717) is 6.42 Å². The minimum atomic E-state index is -0.168. The molecule has 2 rings (SSSR count). The van der Waals surface area contributed by atoms with Gasteiger partial charge in [-0.05, 0) is 50.0 Å². The summed E-state index contributed by atoms with van der Waals surface area (Å²) in [7, 11) is 0. The number of hydrogen-bond donors (Lipinski definition) is 2. The Labute approximate surface area is 132 Å². The van der Waals surface area contributed by atoms with Crippen LogP contribution < -0.4 is 10.6 Å². The highest BCUT2D eigenvalue weighted by Gasteiger charge is 2.17. The van der Waals surface area contributed by atoms with Crippen LogP contribution >= 0.6 is 0 Å². The van der Waals surface area contributed by atoms with Crippen molar-refractivity contribution >= 4 is 11.7 Å². The third-order valence-electron chi connectivity index (χ3n) is 4.00. The van der Waals surface area contributed by atoms with Gasteiger partial charge in [0.1, 0.15) is 0 Å². The Bertz CT molecular complexity index is 514. The van der Waals surface area contributed by atoms with Gasteiger partial charge >= 0.3 is 6.03 Å². The van der Waals surface area contributed by atoms with E-state index in [1.54, 1.807) is 0 Å². The number of likely N-dealkylation sites (tertiary alicyclic amines) is 1. The van der Waals surface area contributed by atoms with E-state index >= 15 is 0 Å². The molecule has 1 aromatic carbocycles. The number of rotatable bonds is 6. The predicted molar refractivity (Wildman–Crippen MR) is 87.7 cm³/mol. The summed E-state index contributed by atoms with van der Waals surface area (Å²) in [6.45, 7) is 5.29. The summed E-state index contributed by atoms with van der Waals surface area (Å²) in [5, 5.41) is 14.5. The molecule has 0 aliphatic carbocycles. The fourth-order valence-electron chi connectivity index (χ4n) is 2.70. The van der Waals surface area contributed by atoms with Gasteiger partial charge in [-0.3, -0.25) is 0 Å². The maximum Gasteiger partial charge on any atom is 0.319 e. The number of urea groups is 1. The lowest BCUT2D eigenvalue weighted by molar-refractivity contribution is 0.239. The van der Waals surface area contributed by atoms with Crippen LogP contribution in [-0.4, -0.2) is 36.6 Å². The maximum atomic E-state index is 12.1. The SMILES string of the molecule is CC[C@@H](CN1CCCC1)NC(=O)Nc1ccc(CC#N)cc1. The van der Waals surface area contributed by atoms with E-state index in [9.17, 15) is 4.79 Å². The van der Waals surface area contributed by atoms with Gasteiger partial charge in [0, 0.05) is 18.3 Å². The van der Waals surface area contributed by atoms with Crippen LogP contribution in [0.4, 0.5) is 10.5 Å². The Kier molecular flexibility index (Phi) is 6.23. The van der Waals surface area contributed by atoms with Gasteiger partial charge in [-0.15, -0.1) is 0 Å². The lowest BCUT2D eigenvalue weighted by Crippen LogP contribution is -2.44. The molecular weight excluding hydrogens is 276 g/mol. The van der Waals surface area contributed by atoms with Gasteiger partial charge in [-0.1, -0.05) is 19.1 Å². The van der Waals surface area contributed by atoms with E-state index in [-0.39, 0.29) is 12.1 Å². The number of carbonyl (C=O) groups excluding carboxylic acids is 1. The Morgan fingerprint density at radius 3 is 2.59 bits per heavy atom. The molecule has 2 amide bonds. The summed E-state index contributed by atoms with van der Waals surface area (Å²) in [6, 6.07) is 9.49. The highest BCUT2D eigenvalue weighted by molar-refractivity contribution is 5.89. The van der Waals surface area contributed by atoms with Crippen molar-refractivity contribution in [3.05, 3.63) is 29.8 Å². The van der Waals surface area contributed by atoms with E-state index in [1.165, 1.54) is 12.8 Å². The number of nitrogens with one attached hydrogen (secondary N) is 2. The molecule has 0 aromatic heterocycles. The van der Waals surface area contributed by atoms with Gasteiger partial charge in [0.05, 0.1) is 12.5 Å². The Morgan fingerprint density at radius 1 is 1.32 bits per heavy atom. The van der Waals surface area contributed by atoms with Crippen molar-refractivity contribution in [2.24, 2.45) is 0 Å². The molecule has 118 valence electrons. The number of nitrogens with zero attached hydrogens (tertiary/aromatic N) is 2. The van der Waals surface area contributed by atoms with E-state index in [0.717, 1.165) is 37.3 Å². The minimum Gasteiger partial charge on any atom is -0.334 e. The Balaban J connectivity index is 1.81. The van der Waals surface area contributed by atoms with Crippen molar-refractivity contribution in [3.8, 4) is 6.07 Å². The molecule has 2 N–H and O–H groups in total. The Hall–Kier alpha value is -2.06. The molecule has 1 atom stereocenters. The summed E-state index contributed by atoms with van der Waals surface area (Å²) in [4.78, 5) is 14.5. The lowest BCUT2D eigenvalue weighted by atomic mass is 10.1. The molecular formula is C17H24N4O. The van der Waals surface area contributed by atoms with Gasteiger partial charge in [0.25, 0.3) is 0 Å². The number of carbonyl (C=O) groups is 1. The first-order valence-electron chi connectivity index (χ1n) is 7.97. The van der Waals surface area contributed by atoms with Crippen molar-refractivity contribution in [1.29, 1.82) is 5.26 Å². The summed E-state index contributed by atoms with van der Waals surface area (Å²) in [6.07, 6.45) is 3.83. The standard InChI is InChI=1S/C17H24N4O/c1-2-15(13-21-11-3-4-12-21)19-17(22)20-16-7-5-14(6-8-16)9-10-18/h5-8,15H,2-4,9,11-13H2,1H3,(H2,19,20,22)/t15-/m0/s1. The number of anilines is 1. The van der Waals surface area contributed by atoms with Crippen molar-refractivity contribution < 1.29 is 4.79 Å². The van der Waals surface area contributed by atoms with E-state index in [4.69, 9.17) is 5.26 Å². The molecule has 5 nitrogen and oxygen atoms in total. The molecule has 0 saturated carbocycles. The molecule has 0 unspecified atom stereocenters. The normalized spacial score (nSPS) is 16.0. The van der Waals surface area contributed by atoms with Crippen LogP contribution in [0, 0.1) is 11.3 Å². The summed E-state index contributed by atoms with van der Waals surface area (Å²) >= 11 is 0. The average Bonchev–Trinajstić information content (AvgIpc) is 3.02. The van der Waals surface area contributed by atoms with Crippen LogP contribution in [0.15, 0.2) is 24.3 Å². The van der Waals surface area contributed by atoms with Crippen molar-refractivity contribution in [1.82, 2.24) is 10.2 Å². The molecule has 0 bridgehead atoms. The number of nitriles is 1. The zero-order valence-electron chi connectivity index (χ0n) is 13.1. The van der Waals surface area contributed by atoms with E-state index in [2.05, 4.69) is 28.5 Å². The van der Waals surface area contributed by atoms with Crippen molar-refractivity contribution in [2.45, 2.75) is 38.6 Å². The van der Waals surface area contributed by atoms with Crippen molar-refractivity contribution in [2.75, 3.05) is 25.0 Å². The zero-order valence-corrected chi connectivity index (χ0v) is 13.1. The van der Waals surface area contributed by atoms with Gasteiger partial charge in [-0.25, -0.2) is 4.79 Å². The fourth-order valence-corrected chi connectivity index (χ4v) is 2.70. The van der Waals surface area contributed by atoms with Crippen LogP contribution in [0.2, 0.25) is 0 Å². The number of amides is 2. The highest BCUT2D eigenvalue weighted by Crippen LogP contribution is 2.11. The first-order valence-corrected chi connectivity index (χ1v) is 7.97. The second-order valence-electron chi connectivity index (χ2n) is 5.74. The van der Waals surface area contributed by atoms with Crippen LogP contribution in [-0.2, 0) is 6.42 Å². The highest BCUT2D eigenvalue weighted by atomic mass is 16.2. The van der Waals surface area contributed by atoms with Gasteiger partial charge in [-0.2, -0.15) is 5.26 Å². The predicted octanol–water partition coefficient (Wildman–Crippen LogP) is 2.75. The Morgan fingerprint density at radius 2 is 2.00 bits per heavy atom. The summed E-state index contributed by atoms with van der Waals surface area (Å²) < 4.78 is 0. The van der Waals surface area contributed by atoms with Crippen LogP contribution in [0.25, 0.3) is 0 Å². The van der Waals surface area contributed by atoms with Gasteiger partial charge in [0.15, 0.2) is 0 Å². The largest absolute Gasteiger partial charge is 0.334 e. The molecule has 1 aliphatic heterocycles. The first-order chi connectivity index (χ1) is 10.7. The molecule has 5 heteroatoms. The molecule has 1 saturated heterocycles. The fraction of sp³-hybridized carbons (Fsp3) is 0.529. The van der Waals surface area contributed by atoms with Gasteiger partial charge in [0.2, 0.25) is 0 Å². The van der Waals surface area contributed by atoms with Crippen LogP contribution in [0.1, 0.15) is 31.7 Å². The monoisotopic (exact) mass is 300 g/mol. The number of hydrogen-bond acceptors (Lipinski definition) is 3. The van der Waals surface area contributed by atoms with Crippen LogP contribution in [0.5, 0.6) is 0 Å². The molecule has 1 aliphatic rings. The zero-order chi connectivity index (χ0) is 15.8. The lowest BCUT2D eigenvalue weighted by Gasteiger charge is -2.23. The minimum absolute atomic E-state index is 0.168. The second-order valence-corrected chi connectivity index (χ2v) is 5.74. The first kappa shape index (κ1) is 16.3. The van der Waals surface area contributed by atoms with E-state index in [1.807, 2.05) is 24.3 Å². The second kappa shape index (κ2) is 8.40. The smallest absolute Gasteiger partial charge is 0.319 e. The maximum absolute atomic E-state index is 12.1. The van der Waals surface area contributed by atoms with Crippen LogP contribution in [0.3, 0.4) is 0 Å². The average molecular weight is 300 g/mol. The third-order valence-corrected chi connectivity index (χ3v) is 4.00. The molecule has 1 aromatic rings. The third kappa shape index (κ3) is 5.05. The van der Waals surface area contributed by atoms with E-state index < -0.39 is 0 Å². The molecule has 0 radical (unpaired) electrons. The number of benzene rings is 1. The van der Waals surface area contributed by atoms with Crippen molar-refractivity contribution in [3.63, 3.8) is 0 Å². The quantitative estimate of drug-likeness (QED) is 0.849. The summed E-state index contributed by atoms with van der Waals surface area (Å²) in [5.74, 6) is 0. The summed E-state index contributed by atoms with van der Waals surface area (Å²) in [5.41, 5.74) is 1.70. The molecule has 1 fully saturated rings.